The molecule has 1 aliphatic rings. The first-order chi connectivity index (χ1) is 12.7. The Morgan fingerprint density at radius 2 is 1.81 bits per heavy atom. The molecule has 2 amide bonds. The summed E-state index contributed by atoms with van der Waals surface area (Å²) in [6.07, 6.45) is 4.10. The van der Waals surface area contributed by atoms with Gasteiger partial charge in [-0.3, -0.25) is 14.5 Å². The number of amides is 2. The minimum Gasteiger partial charge on any atom is -0.459 e. The second-order valence-electron chi connectivity index (χ2n) is 6.46. The summed E-state index contributed by atoms with van der Waals surface area (Å²) >= 11 is 0. The number of carbonyl (C=O) groups is 2. The van der Waals surface area contributed by atoms with Gasteiger partial charge < -0.3 is 15.1 Å². The van der Waals surface area contributed by atoms with Gasteiger partial charge in [-0.15, -0.1) is 0 Å². The molecule has 138 valence electrons. The maximum Gasteiger partial charge on any atom is 0.286 e. The first-order valence-corrected chi connectivity index (χ1v) is 9.11. The molecule has 0 radical (unpaired) electrons. The smallest absolute Gasteiger partial charge is 0.286 e. The van der Waals surface area contributed by atoms with Crippen LogP contribution < -0.4 is 10.6 Å². The average molecular weight is 355 g/mol. The SMILES string of the molecule is O=C(CCNC(=O)c1ccco1)NCC(c1ccccc1)N1CCCC1. The van der Waals surface area contributed by atoms with Crippen LogP contribution in [0.15, 0.2) is 53.1 Å². The lowest BCUT2D eigenvalue weighted by atomic mass is 10.1. The van der Waals surface area contributed by atoms with Crippen LogP contribution in [0.1, 0.15) is 41.4 Å². The molecule has 1 aliphatic heterocycles. The molecule has 0 aliphatic carbocycles. The van der Waals surface area contributed by atoms with Gasteiger partial charge in [0.1, 0.15) is 0 Å². The molecular formula is C20H25N3O3. The van der Waals surface area contributed by atoms with E-state index in [0.29, 0.717) is 6.54 Å². The topological polar surface area (TPSA) is 74.6 Å². The standard InChI is InChI=1S/C20H25N3O3/c24-19(10-11-21-20(25)18-9-6-14-26-18)22-15-17(23-12-4-5-13-23)16-7-2-1-3-8-16/h1-3,6-9,14,17H,4-5,10-13,15H2,(H,21,25)(H,22,24). The van der Waals surface area contributed by atoms with Crippen LogP contribution in [0.25, 0.3) is 0 Å². The molecule has 1 saturated heterocycles. The van der Waals surface area contributed by atoms with Crippen molar-refractivity contribution in [1.29, 1.82) is 0 Å². The third kappa shape index (κ3) is 4.95. The van der Waals surface area contributed by atoms with Crippen molar-refractivity contribution in [3.8, 4) is 0 Å². The van der Waals surface area contributed by atoms with Gasteiger partial charge in [0, 0.05) is 19.5 Å². The third-order valence-electron chi connectivity index (χ3n) is 4.64. The number of rotatable bonds is 8. The predicted molar refractivity (Wildman–Crippen MR) is 98.7 cm³/mol. The number of hydrogen-bond donors (Lipinski definition) is 2. The summed E-state index contributed by atoms with van der Waals surface area (Å²) in [5.41, 5.74) is 1.22. The van der Waals surface area contributed by atoms with E-state index in [0.717, 1.165) is 13.1 Å². The molecule has 0 spiro atoms. The molecular weight excluding hydrogens is 330 g/mol. The predicted octanol–water partition coefficient (Wildman–Crippen LogP) is 2.35. The Morgan fingerprint density at radius 1 is 1.04 bits per heavy atom. The maximum absolute atomic E-state index is 12.2. The molecule has 6 heteroatoms. The maximum atomic E-state index is 12.2. The highest BCUT2D eigenvalue weighted by atomic mass is 16.3. The van der Waals surface area contributed by atoms with Crippen LogP contribution in [0.3, 0.4) is 0 Å². The van der Waals surface area contributed by atoms with Crippen LogP contribution in [0.4, 0.5) is 0 Å². The second-order valence-corrected chi connectivity index (χ2v) is 6.46. The first kappa shape index (κ1) is 18.2. The first-order valence-electron chi connectivity index (χ1n) is 9.11. The van der Waals surface area contributed by atoms with Gasteiger partial charge in [-0.05, 0) is 43.6 Å². The van der Waals surface area contributed by atoms with Crippen molar-refractivity contribution in [3.63, 3.8) is 0 Å². The Hall–Kier alpha value is -2.60. The largest absolute Gasteiger partial charge is 0.459 e. The van der Waals surface area contributed by atoms with Crippen LogP contribution in [0.5, 0.6) is 0 Å². The Bertz CT molecular complexity index is 694. The Morgan fingerprint density at radius 3 is 2.50 bits per heavy atom. The van der Waals surface area contributed by atoms with Gasteiger partial charge >= 0.3 is 0 Å². The zero-order chi connectivity index (χ0) is 18.2. The summed E-state index contributed by atoms with van der Waals surface area (Å²) in [6.45, 7) is 2.99. The fourth-order valence-electron chi connectivity index (χ4n) is 3.27. The molecule has 1 aromatic carbocycles. The molecule has 1 atom stereocenters. The van der Waals surface area contributed by atoms with E-state index in [1.807, 2.05) is 18.2 Å². The number of hydrogen-bond acceptors (Lipinski definition) is 4. The van der Waals surface area contributed by atoms with E-state index < -0.39 is 0 Å². The van der Waals surface area contributed by atoms with E-state index in [-0.39, 0.29) is 36.6 Å². The normalized spacial score (nSPS) is 15.5. The second kappa shape index (κ2) is 9.20. The summed E-state index contributed by atoms with van der Waals surface area (Å²) < 4.78 is 5.02. The van der Waals surface area contributed by atoms with Gasteiger partial charge in [0.05, 0.1) is 12.3 Å². The summed E-state index contributed by atoms with van der Waals surface area (Å²) in [4.78, 5) is 26.4. The van der Waals surface area contributed by atoms with E-state index in [2.05, 4.69) is 27.7 Å². The van der Waals surface area contributed by atoms with Crippen LogP contribution in [-0.4, -0.2) is 42.9 Å². The molecule has 0 saturated carbocycles. The molecule has 2 N–H and O–H groups in total. The van der Waals surface area contributed by atoms with Gasteiger partial charge in [-0.25, -0.2) is 0 Å². The van der Waals surface area contributed by atoms with Crippen LogP contribution in [0.2, 0.25) is 0 Å². The van der Waals surface area contributed by atoms with Gasteiger partial charge in [-0.2, -0.15) is 0 Å². The minimum absolute atomic E-state index is 0.0649. The van der Waals surface area contributed by atoms with Gasteiger partial charge in [0.2, 0.25) is 5.91 Å². The molecule has 2 aromatic rings. The highest BCUT2D eigenvalue weighted by Crippen LogP contribution is 2.24. The number of furan rings is 1. The Labute approximate surface area is 153 Å². The van der Waals surface area contributed by atoms with Crippen molar-refractivity contribution in [3.05, 3.63) is 60.1 Å². The highest BCUT2D eigenvalue weighted by Gasteiger charge is 2.23. The van der Waals surface area contributed by atoms with E-state index in [4.69, 9.17) is 4.42 Å². The summed E-state index contributed by atoms with van der Waals surface area (Å²) in [5.74, 6) is -0.115. The lowest BCUT2D eigenvalue weighted by Gasteiger charge is -2.28. The minimum atomic E-state index is -0.304. The van der Waals surface area contributed by atoms with Crippen molar-refractivity contribution in [2.45, 2.75) is 25.3 Å². The van der Waals surface area contributed by atoms with Crippen molar-refractivity contribution in [1.82, 2.24) is 15.5 Å². The quantitative estimate of drug-likeness (QED) is 0.762. The molecule has 6 nitrogen and oxygen atoms in total. The number of benzene rings is 1. The molecule has 2 heterocycles. The summed E-state index contributed by atoms with van der Waals surface area (Å²) in [6, 6.07) is 13.7. The van der Waals surface area contributed by atoms with Crippen LogP contribution in [-0.2, 0) is 4.79 Å². The van der Waals surface area contributed by atoms with Gasteiger partial charge in [0.25, 0.3) is 5.91 Å². The lowest BCUT2D eigenvalue weighted by Crippen LogP contribution is -2.38. The van der Waals surface area contributed by atoms with Gasteiger partial charge in [-0.1, -0.05) is 30.3 Å². The number of nitrogens with one attached hydrogen (secondary N) is 2. The van der Waals surface area contributed by atoms with Crippen molar-refractivity contribution in [2.75, 3.05) is 26.2 Å². The van der Waals surface area contributed by atoms with E-state index in [1.165, 1.54) is 24.7 Å². The highest BCUT2D eigenvalue weighted by molar-refractivity contribution is 5.91. The van der Waals surface area contributed by atoms with Crippen molar-refractivity contribution >= 4 is 11.8 Å². The molecule has 1 fully saturated rings. The fourth-order valence-corrected chi connectivity index (χ4v) is 3.27. The summed E-state index contributed by atoms with van der Waals surface area (Å²) in [7, 11) is 0. The van der Waals surface area contributed by atoms with E-state index >= 15 is 0 Å². The number of likely N-dealkylation sites (tertiary alicyclic amines) is 1. The number of nitrogens with zero attached hydrogens (tertiary/aromatic N) is 1. The lowest BCUT2D eigenvalue weighted by molar-refractivity contribution is -0.121. The van der Waals surface area contributed by atoms with Gasteiger partial charge in [0.15, 0.2) is 5.76 Å². The van der Waals surface area contributed by atoms with Crippen LogP contribution in [0, 0.1) is 0 Å². The molecule has 0 bridgehead atoms. The molecule has 3 rings (SSSR count). The Balaban J connectivity index is 1.46. The third-order valence-corrected chi connectivity index (χ3v) is 4.64. The fraction of sp³-hybridized carbons (Fsp3) is 0.400. The molecule has 26 heavy (non-hydrogen) atoms. The molecule has 1 aromatic heterocycles. The van der Waals surface area contributed by atoms with Crippen molar-refractivity contribution < 1.29 is 14.0 Å². The zero-order valence-electron chi connectivity index (χ0n) is 14.8. The zero-order valence-corrected chi connectivity index (χ0v) is 14.8. The van der Waals surface area contributed by atoms with Crippen molar-refractivity contribution in [2.24, 2.45) is 0 Å². The Kier molecular flexibility index (Phi) is 6.44. The number of carbonyl (C=O) groups excluding carboxylic acids is 2. The molecule has 1 unspecified atom stereocenters. The van der Waals surface area contributed by atoms with E-state index in [9.17, 15) is 9.59 Å². The average Bonchev–Trinajstić information content (AvgIpc) is 3.37. The van der Waals surface area contributed by atoms with E-state index in [1.54, 1.807) is 12.1 Å². The monoisotopic (exact) mass is 355 g/mol. The summed E-state index contributed by atoms with van der Waals surface area (Å²) in [5, 5.41) is 5.70. The van der Waals surface area contributed by atoms with Crippen LogP contribution >= 0.6 is 0 Å².